The van der Waals surface area contributed by atoms with Crippen LogP contribution in [-0.4, -0.2) is 64.3 Å². The number of benzene rings is 2. The van der Waals surface area contributed by atoms with Gasteiger partial charge in [-0.1, -0.05) is 23.9 Å². The smallest absolute Gasteiger partial charge is 0.263 e. The van der Waals surface area contributed by atoms with Crippen molar-refractivity contribution in [1.29, 1.82) is 0 Å². The maximum atomic E-state index is 12.8. The molecule has 0 saturated heterocycles. The van der Waals surface area contributed by atoms with Crippen LogP contribution in [-0.2, 0) is 9.59 Å². The van der Waals surface area contributed by atoms with Crippen molar-refractivity contribution < 1.29 is 23.8 Å². The highest BCUT2D eigenvalue weighted by molar-refractivity contribution is 8.14. The molecule has 0 aromatic heterocycles. The van der Waals surface area contributed by atoms with Crippen molar-refractivity contribution in [3.05, 3.63) is 47.5 Å². The minimum atomic E-state index is -0.479. The van der Waals surface area contributed by atoms with E-state index in [1.54, 1.807) is 12.1 Å². The first-order valence-electron chi connectivity index (χ1n) is 9.75. The number of nitrogens with one attached hydrogen (secondary N) is 1. The monoisotopic (exact) mass is 458 g/mol. The molecule has 170 valence electrons. The van der Waals surface area contributed by atoms with Gasteiger partial charge in [0.15, 0.2) is 11.5 Å². The normalized spacial score (nSPS) is 15.1. The number of carbonyl (C=O) groups excluding carboxylic acids is 2. The van der Waals surface area contributed by atoms with Gasteiger partial charge in [-0.3, -0.25) is 9.59 Å². The first-order chi connectivity index (χ1) is 15.4. The number of carbonyl (C=O) groups is 2. The number of rotatable bonds is 9. The van der Waals surface area contributed by atoms with Gasteiger partial charge in [0.2, 0.25) is 12.2 Å². The molecule has 1 unspecified atom stereocenters. The van der Waals surface area contributed by atoms with Crippen LogP contribution in [0.5, 0.6) is 17.2 Å². The molecule has 2 aromatic rings. The van der Waals surface area contributed by atoms with Crippen molar-refractivity contribution in [2.75, 3.05) is 46.9 Å². The Morgan fingerprint density at radius 1 is 1.12 bits per heavy atom. The summed E-state index contributed by atoms with van der Waals surface area (Å²) < 4.78 is 16.3. The number of anilines is 1. The summed E-state index contributed by atoms with van der Waals surface area (Å²) in [5.41, 5.74) is 2.69. The second kappa shape index (κ2) is 10.3. The van der Waals surface area contributed by atoms with Gasteiger partial charge in [0.05, 0.1) is 27.9 Å². The lowest BCUT2D eigenvalue weighted by atomic mass is 10.1. The van der Waals surface area contributed by atoms with E-state index in [4.69, 9.17) is 14.2 Å². The molecule has 0 saturated carbocycles. The molecule has 2 amide bonds. The molecule has 0 bridgehead atoms. The first kappa shape index (κ1) is 23.3. The van der Waals surface area contributed by atoms with E-state index >= 15 is 0 Å². The van der Waals surface area contributed by atoms with Gasteiger partial charge in [-0.05, 0) is 29.8 Å². The van der Waals surface area contributed by atoms with Gasteiger partial charge < -0.3 is 24.4 Å². The molecule has 1 aliphatic heterocycles. The Labute approximate surface area is 191 Å². The lowest BCUT2D eigenvalue weighted by Crippen LogP contribution is -2.34. The highest BCUT2D eigenvalue weighted by atomic mass is 32.2. The van der Waals surface area contributed by atoms with E-state index in [1.165, 1.54) is 38.1 Å². The molecule has 0 spiro atoms. The predicted molar refractivity (Wildman–Crippen MR) is 125 cm³/mol. The Bertz CT molecular complexity index is 985. The lowest BCUT2D eigenvalue weighted by Gasteiger charge is -2.23. The van der Waals surface area contributed by atoms with Gasteiger partial charge in [-0.2, -0.15) is 5.10 Å². The number of ether oxygens (including phenoxy) is 3. The molecule has 3 rings (SSSR count). The molecule has 1 heterocycles. The fraction of sp³-hybridized carbons (Fsp3) is 0.318. The van der Waals surface area contributed by atoms with E-state index < -0.39 is 5.37 Å². The van der Waals surface area contributed by atoms with Crippen LogP contribution >= 0.6 is 11.8 Å². The summed E-state index contributed by atoms with van der Waals surface area (Å²) in [5.74, 6) is 1.07. The molecule has 0 radical (unpaired) electrons. The zero-order chi connectivity index (χ0) is 23.3. The average molecular weight is 459 g/mol. The third kappa shape index (κ3) is 4.75. The minimum absolute atomic E-state index is 0.165. The molecule has 10 heteroatoms. The molecule has 9 nitrogen and oxygen atoms in total. The maximum Gasteiger partial charge on any atom is 0.263 e. The molecule has 2 aromatic carbocycles. The predicted octanol–water partition coefficient (Wildman–Crippen LogP) is 2.46. The van der Waals surface area contributed by atoms with Gasteiger partial charge >= 0.3 is 0 Å². The second-order valence-electron chi connectivity index (χ2n) is 7.01. The van der Waals surface area contributed by atoms with E-state index in [-0.39, 0.29) is 12.5 Å². The Balaban J connectivity index is 2.01. The standard InChI is InChI=1S/C22H26N4O5S/c1-25(2)16-8-6-14(7-9-16)21-24-26(19(28)12-23-13-27)22(32-21)15-10-17(29-3)20(31-5)18(11-15)30-4/h6-11,13,22H,12H2,1-5H3,(H,23,27). The maximum absolute atomic E-state index is 12.8. The summed E-state index contributed by atoms with van der Waals surface area (Å²) in [6.07, 6.45) is 0.486. The van der Waals surface area contributed by atoms with Crippen LogP contribution in [0.25, 0.3) is 0 Å². The zero-order valence-corrected chi connectivity index (χ0v) is 19.4. The molecule has 0 aliphatic carbocycles. The van der Waals surface area contributed by atoms with Crippen molar-refractivity contribution in [1.82, 2.24) is 10.3 Å². The molecular formula is C22H26N4O5S. The number of thioether (sulfide) groups is 1. The Morgan fingerprint density at radius 2 is 1.75 bits per heavy atom. The summed E-state index contributed by atoms with van der Waals surface area (Å²) in [6, 6.07) is 11.5. The van der Waals surface area contributed by atoms with Crippen LogP contribution in [0.3, 0.4) is 0 Å². The zero-order valence-electron chi connectivity index (χ0n) is 18.6. The molecule has 1 aliphatic rings. The second-order valence-corrected chi connectivity index (χ2v) is 8.08. The molecule has 1 N–H and O–H groups in total. The number of methoxy groups -OCH3 is 3. The minimum Gasteiger partial charge on any atom is -0.493 e. The topological polar surface area (TPSA) is 92.7 Å². The summed E-state index contributed by atoms with van der Waals surface area (Å²) in [4.78, 5) is 25.5. The first-order valence-corrected chi connectivity index (χ1v) is 10.6. The van der Waals surface area contributed by atoms with Crippen molar-refractivity contribution in [2.45, 2.75) is 5.37 Å². The Morgan fingerprint density at radius 3 is 2.25 bits per heavy atom. The number of nitrogens with zero attached hydrogens (tertiary/aromatic N) is 3. The largest absolute Gasteiger partial charge is 0.493 e. The van der Waals surface area contributed by atoms with Crippen molar-refractivity contribution in [3.63, 3.8) is 0 Å². The third-order valence-corrected chi connectivity index (χ3v) is 6.07. The van der Waals surface area contributed by atoms with Crippen LogP contribution in [0.1, 0.15) is 16.5 Å². The third-order valence-electron chi connectivity index (χ3n) is 4.84. The van der Waals surface area contributed by atoms with E-state index in [9.17, 15) is 9.59 Å². The molecule has 32 heavy (non-hydrogen) atoms. The summed E-state index contributed by atoms with van der Waals surface area (Å²) in [6.45, 7) is -0.165. The van der Waals surface area contributed by atoms with E-state index in [2.05, 4.69) is 10.4 Å². The Kier molecular flexibility index (Phi) is 7.47. The van der Waals surface area contributed by atoms with Gasteiger partial charge in [-0.25, -0.2) is 5.01 Å². The summed E-state index contributed by atoms with van der Waals surface area (Å²) >= 11 is 1.43. The van der Waals surface area contributed by atoms with Crippen LogP contribution in [0.4, 0.5) is 5.69 Å². The van der Waals surface area contributed by atoms with Crippen LogP contribution in [0, 0.1) is 0 Å². The van der Waals surface area contributed by atoms with Gasteiger partial charge in [0.25, 0.3) is 5.91 Å². The summed E-state index contributed by atoms with van der Waals surface area (Å²) in [7, 11) is 8.54. The molecule has 0 fully saturated rings. The number of amides is 2. The van der Waals surface area contributed by atoms with Crippen LogP contribution < -0.4 is 24.4 Å². The van der Waals surface area contributed by atoms with Gasteiger partial charge in [-0.15, -0.1) is 0 Å². The van der Waals surface area contributed by atoms with Crippen LogP contribution in [0.15, 0.2) is 41.5 Å². The lowest BCUT2D eigenvalue weighted by molar-refractivity contribution is -0.131. The fourth-order valence-electron chi connectivity index (χ4n) is 3.21. The summed E-state index contributed by atoms with van der Waals surface area (Å²) in [5, 5.41) is 8.57. The van der Waals surface area contributed by atoms with Gasteiger partial charge in [0, 0.05) is 25.3 Å². The highest BCUT2D eigenvalue weighted by Gasteiger charge is 2.35. The number of hydrazone groups is 1. The van der Waals surface area contributed by atoms with E-state index in [0.29, 0.717) is 28.7 Å². The SMILES string of the molecule is COc1cc(C2SC(c3ccc(N(C)C)cc3)=NN2C(=O)CNC=O)cc(OC)c1OC. The molecule has 1 atom stereocenters. The molecular weight excluding hydrogens is 432 g/mol. The van der Waals surface area contributed by atoms with Crippen molar-refractivity contribution in [3.8, 4) is 17.2 Å². The van der Waals surface area contributed by atoms with Gasteiger partial charge in [0.1, 0.15) is 10.4 Å². The highest BCUT2D eigenvalue weighted by Crippen LogP contribution is 2.46. The quantitative estimate of drug-likeness (QED) is 0.577. The number of hydrogen-bond donors (Lipinski definition) is 1. The number of hydrogen-bond acceptors (Lipinski definition) is 8. The van der Waals surface area contributed by atoms with E-state index in [1.807, 2.05) is 43.3 Å². The van der Waals surface area contributed by atoms with Crippen LogP contribution in [0.2, 0.25) is 0 Å². The van der Waals surface area contributed by atoms with Crippen molar-refractivity contribution in [2.24, 2.45) is 5.10 Å². The Hall–Kier alpha value is -3.40. The average Bonchev–Trinajstić information content (AvgIpc) is 3.27. The van der Waals surface area contributed by atoms with E-state index in [0.717, 1.165) is 16.8 Å². The fourth-order valence-corrected chi connectivity index (χ4v) is 4.36. The van der Waals surface area contributed by atoms with Crippen molar-refractivity contribution >= 4 is 34.8 Å².